The fraction of sp³-hybridized carbons (Fsp3) is 0.895. The quantitative estimate of drug-likeness (QED) is 0.835. The molecule has 1 aliphatic heterocycles. The molecule has 140 valence electrons. The highest BCUT2D eigenvalue weighted by molar-refractivity contribution is 5.80. The lowest BCUT2D eigenvalue weighted by Gasteiger charge is -2.36. The number of hydrogen-bond acceptors (Lipinski definition) is 2. The molecule has 1 atom stereocenters. The summed E-state index contributed by atoms with van der Waals surface area (Å²) >= 11 is 0. The number of carbonyl (C=O) groups excluding carboxylic acids is 2. The Morgan fingerprint density at radius 3 is 2.08 bits per heavy atom. The second kappa shape index (κ2) is 8.72. The first-order valence-corrected chi connectivity index (χ1v) is 9.29. The minimum Gasteiger partial charge on any atom is -0.353 e. The van der Waals surface area contributed by atoms with E-state index >= 15 is 0 Å². The molecule has 1 heterocycles. The molecule has 1 saturated heterocycles. The Morgan fingerprint density at radius 1 is 1.12 bits per heavy atom. The van der Waals surface area contributed by atoms with Gasteiger partial charge < -0.3 is 15.1 Å². The van der Waals surface area contributed by atoms with Crippen LogP contribution in [0.5, 0.6) is 0 Å². The van der Waals surface area contributed by atoms with Crippen LogP contribution in [0.1, 0.15) is 60.3 Å². The van der Waals surface area contributed by atoms with Crippen molar-refractivity contribution in [1.29, 1.82) is 0 Å². The number of nitrogens with zero attached hydrogens (tertiary/aromatic N) is 2. The van der Waals surface area contributed by atoms with Crippen molar-refractivity contribution in [2.45, 2.75) is 66.3 Å². The minimum atomic E-state index is 0.0279. The van der Waals surface area contributed by atoms with Gasteiger partial charge in [-0.2, -0.15) is 0 Å². The second-order valence-electron chi connectivity index (χ2n) is 8.84. The molecule has 0 aliphatic carbocycles. The van der Waals surface area contributed by atoms with Gasteiger partial charge in [0.2, 0.25) is 5.91 Å². The van der Waals surface area contributed by atoms with Crippen LogP contribution in [-0.4, -0.2) is 55.0 Å². The predicted molar refractivity (Wildman–Crippen MR) is 98.8 cm³/mol. The van der Waals surface area contributed by atoms with Crippen molar-refractivity contribution in [1.82, 2.24) is 15.1 Å². The minimum absolute atomic E-state index is 0.0279. The molecule has 5 heteroatoms. The van der Waals surface area contributed by atoms with Gasteiger partial charge in [-0.15, -0.1) is 0 Å². The molecule has 1 N–H and O–H groups in total. The van der Waals surface area contributed by atoms with Gasteiger partial charge in [-0.3, -0.25) is 4.79 Å². The molecule has 1 rings (SSSR count). The topological polar surface area (TPSA) is 52.7 Å². The molecule has 0 aromatic rings. The Kier molecular flexibility index (Phi) is 7.56. The van der Waals surface area contributed by atoms with Gasteiger partial charge in [-0.05, 0) is 37.0 Å². The number of rotatable bonds is 5. The normalized spacial score (nSPS) is 17.8. The summed E-state index contributed by atoms with van der Waals surface area (Å²) in [6, 6.07) is 0.243. The molecule has 0 aromatic carbocycles. The Morgan fingerprint density at radius 2 is 1.67 bits per heavy atom. The van der Waals surface area contributed by atoms with Crippen molar-refractivity contribution in [2.24, 2.45) is 17.3 Å². The average Bonchev–Trinajstić information content (AvgIpc) is 2.49. The van der Waals surface area contributed by atoms with Crippen LogP contribution in [0.4, 0.5) is 4.79 Å². The molecule has 0 radical (unpaired) electrons. The van der Waals surface area contributed by atoms with Gasteiger partial charge >= 0.3 is 6.03 Å². The molecule has 1 aliphatic rings. The van der Waals surface area contributed by atoms with Crippen LogP contribution in [0.15, 0.2) is 0 Å². The molecule has 0 unspecified atom stereocenters. The third kappa shape index (κ3) is 6.33. The summed E-state index contributed by atoms with van der Waals surface area (Å²) in [6.45, 7) is 12.4. The summed E-state index contributed by atoms with van der Waals surface area (Å²) in [5.74, 6) is 0.836. The summed E-state index contributed by atoms with van der Waals surface area (Å²) in [6.07, 6.45) is 3.65. The van der Waals surface area contributed by atoms with Gasteiger partial charge in [0.1, 0.15) is 0 Å². The first kappa shape index (κ1) is 20.8. The zero-order valence-corrected chi connectivity index (χ0v) is 16.7. The maximum Gasteiger partial charge on any atom is 0.319 e. The standard InChI is InChI=1S/C19H37N3O2/c1-14(2)8-9-16(19(3,4)5)20-17(23)15-10-12-22(13-11-15)18(24)21(6)7/h14-16H,8-13H2,1-7H3,(H,20,23)/t16-/m0/s1. The number of urea groups is 1. The van der Waals surface area contributed by atoms with Gasteiger partial charge in [0.15, 0.2) is 0 Å². The largest absolute Gasteiger partial charge is 0.353 e. The molecular formula is C19H37N3O2. The molecule has 3 amide bonds. The van der Waals surface area contributed by atoms with Crippen LogP contribution < -0.4 is 5.32 Å². The SMILES string of the molecule is CC(C)CC[C@H](NC(=O)C1CCN(C(=O)N(C)C)CC1)C(C)(C)C. The molecule has 0 saturated carbocycles. The van der Waals surface area contributed by atoms with Crippen LogP contribution in [-0.2, 0) is 4.79 Å². The van der Waals surface area contributed by atoms with Gasteiger partial charge in [-0.1, -0.05) is 34.6 Å². The maximum atomic E-state index is 12.7. The number of piperidine rings is 1. The fourth-order valence-electron chi connectivity index (χ4n) is 3.13. The monoisotopic (exact) mass is 339 g/mol. The van der Waals surface area contributed by atoms with E-state index in [0.29, 0.717) is 19.0 Å². The van der Waals surface area contributed by atoms with E-state index in [4.69, 9.17) is 0 Å². The van der Waals surface area contributed by atoms with Gasteiger partial charge in [0.05, 0.1) is 0 Å². The lowest BCUT2D eigenvalue weighted by Crippen LogP contribution is -2.50. The van der Waals surface area contributed by atoms with Crippen molar-refractivity contribution in [3.8, 4) is 0 Å². The smallest absolute Gasteiger partial charge is 0.319 e. The van der Waals surface area contributed by atoms with Gasteiger partial charge in [0.25, 0.3) is 0 Å². The summed E-state index contributed by atoms with van der Waals surface area (Å²) < 4.78 is 0. The number of likely N-dealkylation sites (tertiary alicyclic amines) is 1. The summed E-state index contributed by atoms with van der Waals surface area (Å²) in [5.41, 5.74) is 0.0616. The lowest BCUT2D eigenvalue weighted by atomic mass is 9.82. The Balaban J connectivity index is 2.56. The van der Waals surface area contributed by atoms with E-state index < -0.39 is 0 Å². The highest BCUT2D eigenvalue weighted by Crippen LogP contribution is 2.26. The van der Waals surface area contributed by atoms with E-state index in [1.165, 1.54) is 0 Å². The molecule has 0 aromatic heterocycles. The molecule has 0 spiro atoms. The summed E-state index contributed by atoms with van der Waals surface area (Å²) in [4.78, 5) is 28.1. The third-order valence-electron chi connectivity index (χ3n) is 4.91. The first-order chi connectivity index (χ1) is 11.0. The lowest BCUT2D eigenvalue weighted by molar-refractivity contribution is -0.127. The fourth-order valence-corrected chi connectivity index (χ4v) is 3.13. The molecular weight excluding hydrogens is 302 g/mol. The van der Waals surface area contributed by atoms with Crippen molar-refractivity contribution in [3.05, 3.63) is 0 Å². The van der Waals surface area contributed by atoms with Gasteiger partial charge in [0, 0.05) is 39.1 Å². The predicted octanol–water partition coefficient (Wildman–Crippen LogP) is 3.35. The average molecular weight is 340 g/mol. The second-order valence-corrected chi connectivity index (χ2v) is 8.84. The highest BCUT2D eigenvalue weighted by Gasteiger charge is 2.32. The summed E-state index contributed by atoms with van der Waals surface area (Å²) in [5, 5.41) is 3.30. The number of carbonyl (C=O) groups is 2. The van der Waals surface area contributed by atoms with E-state index in [2.05, 4.69) is 39.9 Å². The molecule has 1 fully saturated rings. The van der Waals surface area contributed by atoms with Crippen LogP contribution in [0.2, 0.25) is 0 Å². The van der Waals surface area contributed by atoms with Crippen molar-refractivity contribution in [2.75, 3.05) is 27.2 Å². The number of hydrogen-bond donors (Lipinski definition) is 1. The van der Waals surface area contributed by atoms with Crippen LogP contribution >= 0.6 is 0 Å². The number of nitrogens with one attached hydrogen (secondary N) is 1. The number of amides is 3. The molecule has 24 heavy (non-hydrogen) atoms. The zero-order chi connectivity index (χ0) is 18.5. The van der Waals surface area contributed by atoms with Gasteiger partial charge in [-0.25, -0.2) is 4.79 Å². The molecule has 5 nitrogen and oxygen atoms in total. The van der Waals surface area contributed by atoms with Crippen molar-refractivity contribution < 1.29 is 9.59 Å². The van der Waals surface area contributed by atoms with E-state index in [-0.39, 0.29) is 29.3 Å². The maximum absolute atomic E-state index is 12.7. The highest BCUT2D eigenvalue weighted by atomic mass is 16.2. The van der Waals surface area contributed by atoms with E-state index in [1.54, 1.807) is 19.0 Å². The summed E-state index contributed by atoms with van der Waals surface area (Å²) in [7, 11) is 3.54. The van der Waals surface area contributed by atoms with E-state index in [0.717, 1.165) is 25.7 Å². The van der Waals surface area contributed by atoms with Crippen LogP contribution in [0.25, 0.3) is 0 Å². The van der Waals surface area contributed by atoms with Crippen molar-refractivity contribution in [3.63, 3.8) is 0 Å². The van der Waals surface area contributed by atoms with Crippen LogP contribution in [0, 0.1) is 17.3 Å². The van der Waals surface area contributed by atoms with E-state index in [1.807, 2.05) is 4.90 Å². The Bertz CT molecular complexity index is 419. The van der Waals surface area contributed by atoms with E-state index in [9.17, 15) is 9.59 Å². The Labute approximate surface area is 148 Å². The zero-order valence-electron chi connectivity index (χ0n) is 16.7. The first-order valence-electron chi connectivity index (χ1n) is 9.29. The van der Waals surface area contributed by atoms with Crippen LogP contribution in [0.3, 0.4) is 0 Å². The third-order valence-corrected chi connectivity index (χ3v) is 4.91. The molecule has 0 bridgehead atoms. The Hall–Kier alpha value is -1.26. The van der Waals surface area contributed by atoms with Crippen molar-refractivity contribution >= 4 is 11.9 Å².